The van der Waals surface area contributed by atoms with E-state index in [0.717, 1.165) is 11.3 Å². The molecule has 3 heterocycles. The molecule has 2 N–H and O–H groups in total. The Hall–Kier alpha value is -2.64. The number of carbonyl (C=O) groups is 1. The zero-order chi connectivity index (χ0) is 18.2. The van der Waals surface area contributed by atoms with E-state index < -0.39 is 5.60 Å². The van der Waals surface area contributed by atoms with Gasteiger partial charge in [0.2, 0.25) is 0 Å². The lowest BCUT2D eigenvalue weighted by Crippen LogP contribution is -2.55. The van der Waals surface area contributed by atoms with Crippen molar-refractivity contribution < 1.29 is 9.53 Å². The maximum Gasteiger partial charge on any atom is 0.410 e. The maximum absolute atomic E-state index is 12.3. The van der Waals surface area contributed by atoms with Gasteiger partial charge in [0.25, 0.3) is 0 Å². The van der Waals surface area contributed by atoms with E-state index in [4.69, 9.17) is 10.5 Å². The number of nitrogen functional groups attached to an aromatic ring is 1. The Morgan fingerprint density at radius 1 is 1.28 bits per heavy atom. The summed E-state index contributed by atoms with van der Waals surface area (Å²) in [5.41, 5.74) is 6.72. The Bertz CT molecular complexity index is 788. The van der Waals surface area contributed by atoms with Gasteiger partial charge in [0, 0.05) is 25.7 Å². The zero-order valence-electron chi connectivity index (χ0n) is 15.1. The van der Waals surface area contributed by atoms with Crippen molar-refractivity contribution in [2.75, 3.05) is 30.3 Å². The van der Waals surface area contributed by atoms with Crippen LogP contribution in [0.1, 0.15) is 27.7 Å². The Balaban J connectivity index is 1.75. The minimum Gasteiger partial charge on any atom is -0.444 e. The third-order valence-corrected chi connectivity index (χ3v) is 4.07. The minimum atomic E-state index is -0.495. The van der Waals surface area contributed by atoms with Crippen LogP contribution < -0.4 is 10.6 Å². The van der Waals surface area contributed by atoms with E-state index in [0.29, 0.717) is 31.0 Å². The van der Waals surface area contributed by atoms with Gasteiger partial charge in [-0.25, -0.2) is 19.7 Å². The van der Waals surface area contributed by atoms with Crippen molar-refractivity contribution in [1.29, 1.82) is 0 Å². The monoisotopic (exact) mass is 344 g/mol. The predicted octanol–water partition coefficient (Wildman–Crippen LogP) is 2.05. The van der Waals surface area contributed by atoms with Crippen LogP contribution in [0.25, 0.3) is 11.0 Å². The van der Waals surface area contributed by atoms with E-state index >= 15 is 0 Å². The number of fused-ring (bicyclic) bond motifs is 1. The highest BCUT2D eigenvalue weighted by atomic mass is 16.6. The highest BCUT2D eigenvalue weighted by molar-refractivity contribution is 5.85. The summed E-state index contributed by atoms with van der Waals surface area (Å²) in [7, 11) is 0. The number of anilines is 2. The van der Waals surface area contributed by atoms with Crippen LogP contribution in [0.2, 0.25) is 0 Å². The Morgan fingerprint density at radius 2 is 2.04 bits per heavy atom. The molecule has 1 fully saturated rings. The van der Waals surface area contributed by atoms with E-state index in [9.17, 15) is 4.79 Å². The fourth-order valence-corrected chi connectivity index (χ4v) is 2.88. The number of hydrogen-bond donors (Lipinski definition) is 1. The van der Waals surface area contributed by atoms with Crippen LogP contribution in [-0.2, 0) is 4.74 Å². The van der Waals surface area contributed by atoms with Gasteiger partial charge in [-0.1, -0.05) is 0 Å². The number of pyridine rings is 1. The molecule has 0 saturated carbocycles. The van der Waals surface area contributed by atoms with Gasteiger partial charge in [-0.2, -0.15) is 0 Å². The smallest absolute Gasteiger partial charge is 0.410 e. The first-order valence-corrected chi connectivity index (χ1v) is 8.36. The van der Waals surface area contributed by atoms with Gasteiger partial charge in [0.05, 0.1) is 5.52 Å². The summed E-state index contributed by atoms with van der Waals surface area (Å²) < 4.78 is 5.48. The van der Waals surface area contributed by atoms with Crippen molar-refractivity contribution in [3.8, 4) is 0 Å². The molecule has 2 aromatic rings. The summed E-state index contributed by atoms with van der Waals surface area (Å²) in [5.74, 6) is 1.18. The SMILES string of the molecule is CC1CN(c2ccc3ncnc(N)c3n2)CCN1C(=O)OC(C)(C)C. The van der Waals surface area contributed by atoms with E-state index in [-0.39, 0.29) is 12.1 Å². The molecular weight excluding hydrogens is 320 g/mol. The number of ether oxygens (including phenoxy) is 1. The molecule has 0 bridgehead atoms. The van der Waals surface area contributed by atoms with E-state index in [2.05, 4.69) is 19.9 Å². The van der Waals surface area contributed by atoms with E-state index in [1.807, 2.05) is 39.8 Å². The number of hydrogen-bond acceptors (Lipinski definition) is 7. The minimum absolute atomic E-state index is 0.0190. The predicted molar refractivity (Wildman–Crippen MR) is 96.4 cm³/mol. The largest absolute Gasteiger partial charge is 0.444 e. The van der Waals surface area contributed by atoms with Crippen molar-refractivity contribution in [1.82, 2.24) is 19.9 Å². The molecule has 3 rings (SSSR count). The second-order valence-electron chi connectivity index (χ2n) is 7.26. The summed E-state index contributed by atoms with van der Waals surface area (Å²) >= 11 is 0. The lowest BCUT2D eigenvalue weighted by Gasteiger charge is -2.40. The summed E-state index contributed by atoms with van der Waals surface area (Å²) in [6.45, 7) is 9.55. The molecule has 0 radical (unpaired) electrons. The topological polar surface area (TPSA) is 97.5 Å². The Morgan fingerprint density at radius 3 is 2.72 bits per heavy atom. The van der Waals surface area contributed by atoms with Crippen LogP contribution in [0.3, 0.4) is 0 Å². The number of aromatic nitrogens is 3. The lowest BCUT2D eigenvalue weighted by atomic mass is 10.2. The first kappa shape index (κ1) is 17.2. The van der Waals surface area contributed by atoms with Crippen LogP contribution >= 0.6 is 0 Å². The fourth-order valence-electron chi connectivity index (χ4n) is 2.88. The normalized spacial score (nSPS) is 18.5. The molecule has 1 aliphatic rings. The van der Waals surface area contributed by atoms with Crippen molar-refractivity contribution in [2.45, 2.75) is 39.3 Å². The van der Waals surface area contributed by atoms with Gasteiger partial charge in [0.1, 0.15) is 23.3 Å². The molecule has 1 aliphatic heterocycles. The summed E-state index contributed by atoms with van der Waals surface area (Å²) in [5, 5.41) is 0. The number of carbonyl (C=O) groups excluding carboxylic acids is 1. The average Bonchev–Trinajstić information content (AvgIpc) is 2.53. The molecule has 0 aliphatic carbocycles. The van der Waals surface area contributed by atoms with Gasteiger partial charge in [-0.3, -0.25) is 0 Å². The van der Waals surface area contributed by atoms with Crippen molar-refractivity contribution in [2.24, 2.45) is 0 Å². The molecule has 8 heteroatoms. The quantitative estimate of drug-likeness (QED) is 0.845. The molecule has 0 spiro atoms. The van der Waals surface area contributed by atoms with Gasteiger partial charge in [-0.15, -0.1) is 0 Å². The lowest BCUT2D eigenvalue weighted by molar-refractivity contribution is 0.0158. The number of rotatable bonds is 1. The second kappa shape index (κ2) is 6.34. The second-order valence-corrected chi connectivity index (χ2v) is 7.26. The number of piperazine rings is 1. The van der Waals surface area contributed by atoms with Crippen LogP contribution in [0.15, 0.2) is 18.5 Å². The molecule has 134 valence electrons. The van der Waals surface area contributed by atoms with Gasteiger partial charge in [0.15, 0.2) is 5.82 Å². The molecule has 2 aromatic heterocycles. The molecular formula is C17H24N6O2. The summed E-state index contributed by atoms with van der Waals surface area (Å²) in [4.78, 5) is 29.0. The first-order valence-electron chi connectivity index (χ1n) is 8.36. The molecule has 25 heavy (non-hydrogen) atoms. The average molecular weight is 344 g/mol. The van der Waals surface area contributed by atoms with E-state index in [1.165, 1.54) is 6.33 Å². The number of nitrogens with zero attached hydrogens (tertiary/aromatic N) is 5. The third kappa shape index (κ3) is 3.72. The van der Waals surface area contributed by atoms with Crippen LogP contribution in [-0.4, -0.2) is 57.2 Å². The molecule has 1 atom stereocenters. The van der Waals surface area contributed by atoms with Gasteiger partial charge >= 0.3 is 6.09 Å². The van der Waals surface area contributed by atoms with Gasteiger partial charge in [-0.05, 0) is 39.8 Å². The van der Waals surface area contributed by atoms with Crippen LogP contribution in [0.4, 0.5) is 16.4 Å². The third-order valence-electron chi connectivity index (χ3n) is 4.07. The van der Waals surface area contributed by atoms with Crippen molar-refractivity contribution in [3.05, 3.63) is 18.5 Å². The fraction of sp³-hybridized carbons (Fsp3) is 0.529. The van der Waals surface area contributed by atoms with Crippen LogP contribution in [0, 0.1) is 0 Å². The summed E-state index contributed by atoms with van der Waals surface area (Å²) in [6, 6.07) is 3.83. The number of nitrogens with two attached hydrogens (primary N) is 1. The molecule has 8 nitrogen and oxygen atoms in total. The standard InChI is InChI=1S/C17H24N6O2/c1-11-9-22(7-8-23(11)16(24)25-17(2,3)4)13-6-5-12-14(21-13)15(18)20-10-19-12/h5-6,10-11H,7-9H2,1-4H3,(H2,18,19,20). The van der Waals surface area contributed by atoms with Crippen molar-refractivity contribution >= 4 is 28.8 Å². The molecule has 1 amide bonds. The first-order chi connectivity index (χ1) is 11.7. The summed E-state index contributed by atoms with van der Waals surface area (Å²) in [6.07, 6.45) is 1.16. The number of amides is 1. The van der Waals surface area contributed by atoms with E-state index in [1.54, 1.807) is 4.90 Å². The van der Waals surface area contributed by atoms with Gasteiger partial charge < -0.3 is 20.3 Å². The highest BCUT2D eigenvalue weighted by Crippen LogP contribution is 2.23. The van der Waals surface area contributed by atoms with Crippen LogP contribution in [0.5, 0.6) is 0 Å². The van der Waals surface area contributed by atoms with Crippen molar-refractivity contribution in [3.63, 3.8) is 0 Å². The highest BCUT2D eigenvalue weighted by Gasteiger charge is 2.31. The zero-order valence-corrected chi connectivity index (χ0v) is 15.1. The molecule has 1 saturated heterocycles. The molecule has 1 unspecified atom stereocenters. The molecule has 0 aromatic carbocycles. The Labute approximate surface area is 147 Å². The maximum atomic E-state index is 12.3. The Kier molecular flexibility index (Phi) is 4.36.